The first-order chi connectivity index (χ1) is 6.26. The second-order valence-corrected chi connectivity index (χ2v) is 3.10. The highest BCUT2D eigenvalue weighted by Crippen LogP contribution is 2.09. The monoisotopic (exact) mass is 190 g/mol. The van der Waals surface area contributed by atoms with Crippen molar-refractivity contribution in [3.05, 3.63) is 0 Å². The van der Waals surface area contributed by atoms with Crippen LogP contribution in [0.1, 0.15) is 33.1 Å². The van der Waals surface area contributed by atoms with Crippen LogP contribution < -0.4 is 0 Å². The lowest BCUT2D eigenvalue weighted by molar-refractivity contribution is -0.0396. The van der Waals surface area contributed by atoms with Gasteiger partial charge >= 0.3 is 0 Å². The average molecular weight is 190 g/mol. The molecular weight excluding hydrogens is 168 g/mol. The molecule has 0 aliphatic heterocycles. The second-order valence-electron chi connectivity index (χ2n) is 3.10. The van der Waals surface area contributed by atoms with Crippen LogP contribution in [0.4, 0.5) is 0 Å². The Labute approximate surface area is 81.0 Å². The van der Waals surface area contributed by atoms with Gasteiger partial charge in [0.25, 0.3) is 0 Å². The largest absolute Gasteiger partial charge is 0.390 e. The molecule has 13 heavy (non-hydrogen) atoms. The van der Waals surface area contributed by atoms with Crippen molar-refractivity contribution in [2.75, 3.05) is 20.3 Å². The Bertz CT molecular complexity index is 106. The summed E-state index contributed by atoms with van der Waals surface area (Å²) < 4.78 is 10.3. The fourth-order valence-electron chi connectivity index (χ4n) is 1.34. The summed E-state index contributed by atoms with van der Waals surface area (Å²) in [5.74, 6) is 0. The average Bonchev–Trinajstić information content (AvgIpc) is 2.14. The lowest BCUT2D eigenvalue weighted by Gasteiger charge is -2.21. The minimum atomic E-state index is -0.347. The summed E-state index contributed by atoms with van der Waals surface area (Å²) in [7, 11) is 1.67. The molecule has 0 aromatic heterocycles. The molecule has 0 spiro atoms. The highest BCUT2D eigenvalue weighted by atomic mass is 16.5. The van der Waals surface area contributed by atoms with E-state index in [9.17, 15) is 5.11 Å². The topological polar surface area (TPSA) is 38.7 Å². The fraction of sp³-hybridized carbons (Fsp3) is 1.00. The second kappa shape index (κ2) is 8.48. The molecule has 0 radical (unpaired) electrons. The maximum atomic E-state index is 9.69. The van der Waals surface area contributed by atoms with Gasteiger partial charge in [0.2, 0.25) is 0 Å². The molecule has 0 bridgehead atoms. The van der Waals surface area contributed by atoms with Gasteiger partial charge < -0.3 is 14.6 Å². The Kier molecular flexibility index (Phi) is 8.40. The molecule has 0 aliphatic carbocycles. The van der Waals surface area contributed by atoms with E-state index in [1.54, 1.807) is 7.11 Å². The van der Waals surface area contributed by atoms with Gasteiger partial charge in [-0.05, 0) is 26.2 Å². The van der Waals surface area contributed by atoms with E-state index >= 15 is 0 Å². The standard InChI is InChI=1S/C10H22O3/c1-4-10(13-5-2)9(11)7-6-8-12-3/h9-11H,4-8H2,1-3H3. The predicted molar refractivity (Wildman–Crippen MR) is 52.8 cm³/mol. The number of rotatable bonds is 8. The van der Waals surface area contributed by atoms with Crippen molar-refractivity contribution in [1.29, 1.82) is 0 Å². The Balaban J connectivity index is 3.57. The van der Waals surface area contributed by atoms with Crippen LogP contribution in [0.25, 0.3) is 0 Å². The summed E-state index contributed by atoms with van der Waals surface area (Å²) in [5, 5.41) is 9.69. The molecule has 0 aromatic rings. The summed E-state index contributed by atoms with van der Waals surface area (Å²) in [6.07, 6.45) is 2.15. The summed E-state index contributed by atoms with van der Waals surface area (Å²) in [6.45, 7) is 5.35. The number of hydrogen-bond acceptors (Lipinski definition) is 3. The van der Waals surface area contributed by atoms with Gasteiger partial charge in [0, 0.05) is 20.3 Å². The van der Waals surface area contributed by atoms with Gasteiger partial charge in [-0.1, -0.05) is 6.92 Å². The van der Waals surface area contributed by atoms with Gasteiger partial charge in [0.05, 0.1) is 12.2 Å². The van der Waals surface area contributed by atoms with Crippen molar-refractivity contribution in [3.63, 3.8) is 0 Å². The third-order valence-corrected chi connectivity index (χ3v) is 2.06. The lowest BCUT2D eigenvalue weighted by atomic mass is 10.1. The van der Waals surface area contributed by atoms with Crippen LogP contribution in [0, 0.1) is 0 Å². The molecule has 2 unspecified atom stereocenters. The summed E-state index contributed by atoms with van der Waals surface area (Å²) in [4.78, 5) is 0. The molecule has 0 heterocycles. The quantitative estimate of drug-likeness (QED) is 0.591. The van der Waals surface area contributed by atoms with Crippen molar-refractivity contribution in [2.24, 2.45) is 0 Å². The summed E-state index contributed by atoms with van der Waals surface area (Å²) in [6, 6.07) is 0. The summed E-state index contributed by atoms with van der Waals surface area (Å²) >= 11 is 0. The number of aliphatic hydroxyl groups excluding tert-OH is 1. The van der Waals surface area contributed by atoms with E-state index in [2.05, 4.69) is 0 Å². The SMILES string of the molecule is CCOC(CC)C(O)CCCOC. The van der Waals surface area contributed by atoms with Crippen molar-refractivity contribution < 1.29 is 14.6 Å². The number of ether oxygens (including phenoxy) is 2. The Morgan fingerprint density at radius 1 is 1.31 bits per heavy atom. The zero-order valence-corrected chi connectivity index (χ0v) is 8.95. The van der Waals surface area contributed by atoms with E-state index < -0.39 is 0 Å². The Morgan fingerprint density at radius 3 is 2.46 bits per heavy atom. The zero-order chi connectivity index (χ0) is 10.1. The molecule has 1 N–H and O–H groups in total. The van der Waals surface area contributed by atoms with Crippen molar-refractivity contribution in [2.45, 2.75) is 45.3 Å². The van der Waals surface area contributed by atoms with Crippen LogP contribution in [0.15, 0.2) is 0 Å². The van der Waals surface area contributed by atoms with E-state index in [1.807, 2.05) is 13.8 Å². The molecule has 0 amide bonds. The molecule has 3 heteroatoms. The summed E-state index contributed by atoms with van der Waals surface area (Å²) in [5.41, 5.74) is 0. The molecule has 0 saturated heterocycles. The predicted octanol–water partition coefficient (Wildman–Crippen LogP) is 1.59. The van der Waals surface area contributed by atoms with Gasteiger partial charge in [-0.3, -0.25) is 0 Å². The molecule has 0 aromatic carbocycles. The van der Waals surface area contributed by atoms with E-state index in [0.717, 1.165) is 19.3 Å². The number of methoxy groups -OCH3 is 1. The fourth-order valence-corrected chi connectivity index (χ4v) is 1.34. The smallest absolute Gasteiger partial charge is 0.0831 e. The van der Waals surface area contributed by atoms with Crippen LogP contribution in [0.5, 0.6) is 0 Å². The first kappa shape index (κ1) is 12.9. The molecule has 3 nitrogen and oxygen atoms in total. The van der Waals surface area contributed by atoms with E-state index in [-0.39, 0.29) is 12.2 Å². The Morgan fingerprint density at radius 2 is 2.00 bits per heavy atom. The van der Waals surface area contributed by atoms with E-state index in [1.165, 1.54) is 0 Å². The molecule has 80 valence electrons. The molecule has 0 saturated carbocycles. The molecule has 0 fully saturated rings. The van der Waals surface area contributed by atoms with Crippen LogP contribution in [-0.4, -0.2) is 37.6 Å². The molecule has 2 atom stereocenters. The van der Waals surface area contributed by atoms with Crippen LogP contribution >= 0.6 is 0 Å². The minimum Gasteiger partial charge on any atom is -0.390 e. The third-order valence-electron chi connectivity index (χ3n) is 2.06. The van der Waals surface area contributed by atoms with Crippen molar-refractivity contribution in [1.82, 2.24) is 0 Å². The van der Waals surface area contributed by atoms with E-state index in [0.29, 0.717) is 13.2 Å². The number of aliphatic hydroxyl groups is 1. The number of hydrogen-bond donors (Lipinski definition) is 1. The van der Waals surface area contributed by atoms with E-state index in [4.69, 9.17) is 9.47 Å². The molecule has 0 aliphatic rings. The first-order valence-electron chi connectivity index (χ1n) is 5.04. The third kappa shape index (κ3) is 6.02. The minimum absolute atomic E-state index is 0.0122. The van der Waals surface area contributed by atoms with Crippen LogP contribution in [0.2, 0.25) is 0 Å². The van der Waals surface area contributed by atoms with Gasteiger partial charge in [0.15, 0.2) is 0 Å². The van der Waals surface area contributed by atoms with Gasteiger partial charge in [-0.15, -0.1) is 0 Å². The van der Waals surface area contributed by atoms with Crippen molar-refractivity contribution in [3.8, 4) is 0 Å². The first-order valence-corrected chi connectivity index (χ1v) is 5.04. The normalized spacial score (nSPS) is 15.7. The van der Waals surface area contributed by atoms with Gasteiger partial charge in [0.1, 0.15) is 0 Å². The molecule has 0 rings (SSSR count). The maximum absolute atomic E-state index is 9.69. The van der Waals surface area contributed by atoms with Crippen LogP contribution in [-0.2, 0) is 9.47 Å². The maximum Gasteiger partial charge on any atom is 0.0831 e. The highest BCUT2D eigenvalue weighted by Gasteiger charge is 2.16. The highest BCUT2D eigenvalue weighted by molar-refractivity contribution is 4.67. The van der Waals surface area contributed by atoms with Crippen molar-refractivity contribution >= 4 is 0 Å². The van der Waals surface area contributed by atoms with Gasteiger partial charge in [-0.2, -0.15) is 0 Å². The zero-order valence-electron chi connectivity index (χ0n) is 8.95. The molecular formula is C10H22O3. The van der Waals surface area contributed by atoms with Gasteiger partial charge in [-0.25, -0.2) is 0 Å². The lowest BCUT2D eigenvalue weighted by Crippen LogP contribution is -2.28. The van der Waals surface area contributed by atoms with Crippen LogP contribution in [0.3, 0.4) is 0 Å². The Hall–Kier alpha value is -0.120.